The van der Waals surface area contributed by atoms with Gasteiger partial charge in [0.1, 0.15) is 5.82 Å². The molecule has 2 amide bonds. The summed E-state index contributed by atoms with van der Waals surface area (Å²) >= 11 is 0. The molecule has 0 aromatic heterocycles. The maximum absolute atomic E-state index is 13.7. The van der Waals surface area contributed by atoms with Crippen LogP contribution in [0.3, 0.4) is 0 Å². The maximum atomic E-state index is 13.7. The highest BCUT2D eigenvalue weighted by Crippen LogP contribution is 2.22. The minimum Gasteiger partial charge on any atom is -0.348 e. The zero-order chi connectivity index (χ0) is 21.7. The molecule has 154 valence electrons. The number of hydrogen-bond acceptors (Lipinski definition) is 2. The Kier molecular flexibility index (Phi) is 6.31. The topological polar surface area (TPSA) is 58.2 Å². The first kappa shape index (κ1) is 21.2. The molecule has 0 bridgehead atoms. The smallest absolute Gasteiger partial charge is 0.255 e. The molecule has 5 heteroatoms. The van der Waals surface area contributed by atoms with Crippen LogP contribution in [-0.2, 0) is 12.0 Å². The fourth-order valence-electron chi connectivity index (χ4n) is 2.94. The largest absolute Gasteiger partial charge is 0.348 e. The predicted octanol–water partition coefficient (Wildman–Crippen LogP) is 5.31. The Bertz CT molecular complexity index is 1040. The van der Waals surface area contributed by atoms with Gasteiger partial charge in [0.15, 0.2) is 0 Å². The quantitative estimate of drug-likeness (QED) is 0.606. The summed E-state index contributed by atoms with van der Waals surface area (Å²) in [4.78, 5) is 24.7. The number of amides is 2. The van der Waals surface area contributed by atoms with Crippen molar-refractivity contribution in [2.45, 2.75) is 32.7 Å². The Morgan fingerprint density at radius 1 is 0.800 bits per heavy atom. The number of halogens is 1. The van der Waals surface area contributed by atoms with Crippen LogP contribution in [0.1, 0.15) is 52.6 Å². The number of carbonyl (C=O) groups excluding carboxylic acids is 2. The van der Waals surface area contributed by atoms with Crippen LogP contribution >= 0.6 is 0 Å². The van der Waals surface area contributed by atoms with Gasteiger partial charge in [-0.3, -0.25) is 9.59 Å². The lowest BCUT2D eigenvalue weighted by atomic mass is 9.87. The van der Waals surface area contributed by atoms with Gasteiger partial charge in [0.05, 0.1) is 5.69 Å². The minimum absolute atomic E-state index is 0.0370. The number of rotatable bonds is 5. The van der Waals surface area contributed by atoms with Crippen molar-refractivity contribution in [2.24, 2.45) is 0 Å². The Morgan fingerprint density at radius 3 is 1.97 bits per heavy atom. The van der Waals surface area contributed by atoms with Crippen molar-refractivity contribution >= 4 is 17.5 Å². The van der Waals surface area contributed by atoms with Crippen molar-refractivity contribution in [1.29, 1.82) is 0 Å². The summed E-state index contributed by atoms with van der Waals surface area (Å²) in [6.07, 6.45) is 0. The van der Waals surface area contributed by atoms with Crippen LogP contribution in [0.25, 0.3) is 0 Å². The second-order valence-electron chi connectivity index (χ2n) is 8.14. The number of nitrogens with one attached hydrogen (secondary N) is 2. The molecule has 0 saturated heterocycles. The van der Waals surface area contributed by atoms with Crippen molar-refractivity contribution in [1.82, 2.24) is 5.32 Å². The predicted molar refractivity (Wildman–Crippen MR) is 117 cm³/mol. The van der Waals surface area contributed by atoms with E-state index in [9.17, 15) is 14.0 Å². The standard InChI is InChI=1S/C25H25FN2O2/c1-25(2,3)20-14-12-18(13-15-20)23(29)27-16-17-8-10-19(11-9-17)24(30)28-22-7-5-4-6-21(22)26/h4-15H,16H2,1-3H3,(H,27,29)(H,28,30). The normalized spacial score (nSPS) is 11.1. The van der Waals surface area contributed by atoms with Crippen LogP contribution in [0.5, 0.6) is 0 Å². The van der Waals surface area contributed by atoms with Crippen LogP contribution < -0.4 is 10.6 Å². The van der Waals surface area contributed by atoms with E-state index >= 15 is 0 Å². The number of para-hydroxylation sites is 1. The Labute approximate surface area is 176 Å². The van der Waals surface area contributed by atoms with Crippen LogP contribution in [0.4, 0.5) is 10.1 Å². The summed E-state index contributed by atoms with van der Waals surface area (Å²) in [6.45, 7) is 6.72. The van der Waals surface area contributed by atoms with Crippen LogP contribution in [-0.4, -0.2) is 11.8 Å². The van der Waals surface area contributed by atoms with Crippen molar-refractivity contribution in [3.8, 4) is 0 Å². The highest BCUT2D eigenvalue weighted by atomic mass is 19.1. The van der Waals surface area contributed by atoms with Crippen LogP contribution in [0.15, 0.2) is 72.8 Å². The van der Waals surface area contributed by atoms with Gasteiger partial charge < -0.3 is 10.6 Å². The van der Waals surface area contributed by atoms with E-state index in [-0.39, 0.29) is 17.0 Å². The fraction of sp³-hybridized carbons (Fsp3) is 0.200. The van der Waals surface area contributed by atoms with Crippen LogP contribution in [0.2, 0.25) is 0 Å². The molecule has 4 nitrogen and oxygen atoms in total. The highest BCUT2D eigenvalue weighted by Gasteiger charge is 2.14. The number of carbonyl (C=O) groups is 2. The minimum atomic E-state index is -0.485. The lowest BCUT2D eigenvalue weighted by Crippen LogP contribution is -2.23. The average Bonchev–Trinajstić information content (AvgIpc) is 2.73. The molecule has 3 aromatic carbocycles. The third kappa shape index (κ3) is 5.32. The van der Waals surface area contributed by atoms with Crippen molar-refractivity contribution in [3.63, 3.8) is 0 Å². The molecule has 0 radical (unpaired) electrons. The monoisotopic (exact) mass is 404 g/mol. The molecular formula is C25H25FN2O2. The Hall–Kier alpha value is -3.47. The van der Waals surface area contributed by atoms with E-state index in [0.717, 1.165) is 5.56 Å². The molecule has 0 saturated carbocycles. The van der Waals surface area contributed by atoms with E-state index in [2.05, 4.69) is 31.4 Å². The summed E-state index contributed by atoms with van der Waals surface area (Å²) in [6, 6.07) is 20.4. The average molecular weight is 404 g/mol. The van der Waals surface area contributed by atoms with Crippen molar-refractivity contribution in [2.75, 3.05) is 5.32 Å². The lowest BCUT2D eigenvalue weighted by Gasteiger charge is -2.19. The molecular weight excluding hydrogens is 379 g/mol. The van der Waals surface area contributed by atoms with Crippen LogP contribution in [0, 0.1) is 5.82 Å². The molecule has 0 atom stereocenters. The van der Waals surface area contributed by atoms with Gasteiger partial charge in [-0.1, -0.05) is 57.2 Å². The molecule has 0 aliphatic heterocycles. The van der Waals surface area contributed by atoms with E-state index in [1.807, 2.05) is 24.3 Å². The third-order valence-corrected chi connectivity index (χ3v) is 4.80. The molecule has 0 unspecified atom stereocenters. The van der Waals surface area contributed by atoms with Crippen molar-refractivity contribution < 1.29 is 14.0 Å². The molecule has 3 aromatic rings. The van der Waals surface area contributed by atoms with Gasteiger partial charge in [0.25, 0.3) is 11.8 Å². The summed E-state index contributed by atoms with van der Waals surface area (Å²) in [5.41, 5.74) is 3.21. The summed E-state index contributed by atoms with van der Waals surface area (Å²) in [5, 5.41) is 5.43. The molecule has 30 heavy (non-hydrogen) atoms. The number of hydrogen-bond donors (Lipinski definition) is 2. The van der Waals surface area contributed by atoms with E-state index in [1.54, 1.807) is 36.4 Å². The van der Waals surface area contributed by atoms with Gasteiger partial charge in [-0.2, -0.15) is 0 Å². The maximum Gasteiger partial charge on any atom is 0.255 e. The summed E-state index contributed by atoms with van der Waals surface area (Å²) in [5.74, 6) is -1.04. The Morgan fingerprint density at radius 2 is 1.37 bits per heavy atom. The van der Waals surface area contributed by atoms with E-state index < -0.39 is 11.7 Å². The zero-order valence-corrected chi connectivity index (χ0v) is 17.3. The first-order valence-corrected chi connectivity index (χ1v) is 9.77. The first-order valence-electron chi connectivity index (χ1n) is 9.77. The van der Waals surface area contributed by atoms with Gasteiger partial charge in [0.2, 0.25) is 0 Å². The molecule has 0 spiro atoms. The Balaban J connectivity index is 1.57. The van der Waals surface area contributed by atoms with Gasteiger partial charge >= 0.3 is 0 Å². The number of anilines is 1. The molecule has 3 rings (SSSR count). The lowest BCUT2D eigenvalue weighted by molar-refractivity contribution is 0.0949. The molecule has 0 fully saturated rings. The summed E-state index contributed by atoms with van der Waals surface area (Å²) < 4.78 is 13.7. The third-order valence-electron chi connectivity index (χ3n) is 4.80. The second-order valence-corrected chi connectivity index (χ2v) is 8.14. The van der Waals surface area contributed by atoms with Gasteiger partial charge in [-0.25, -0.2) is 4.39 Å². The fourth-order valence-corrected chi connectivity index (χ4v) is 2.94. The highest BCUT2D eigenvalue weighted by molar-refractivity contribution is 6.04. The summed E-state index contributed by atoms with van der Waals surface area (Å²) in [7, 11) is 0. The molecule has 2 N–H and O–H groups in total. The zero-order valence-electron chi connectivity index (χ0n) is 17.3. The number of benzene rings is 3. The van der Waals surface area contributed by atoms with Crippen molar-refractivity contribution in [3.05, 3.63) is 101 Å². The van der Waals surface area contributed by atoms with E-state index in [4.69, 9.17) is 0 Å². The van der Waals surface area contributed by atoms with E-state index in [1.165, 1.54) is 17.7 Å². The van der Waals surface area contributed by atoms with Gasteiger partial charge in [-0.05, 0) is 52.9 Å². The first-order chi connectivity index (χ1) is 14.2. The van der Waals surface area contributed by atoms with E-state index in [0.29, 0.717) is 17.7 Å². The van der Waals surface area contributed by atoms with Gasteiger partial charge in [0, 0.05) is 17.7 Å². The SMILES string of the molecule is CC(C)(C)c1ccc(C(=O)NCc2ccc(C(=O)Nc3ccccc3F)cc2)cc1. The molecule has 0 aliphatic rings. The molecule has 0 heterocycles. The second kappa shape index (κ2) is 8.91. The molecule has 0 aliphatic carbocycles. The van der Waals surface area contributed by atoms with Gasteiger partial charge in [-0.15, -0.1) is 0 Å².